The van der Waals surface area contributed by atoms with Crippen molar-refractivity contribution < 1.29 is 4.74 Å². The third-order valence-electron chi connectivity index (χ3n) is 4.06. The molecule has 0 bridgehead atoms. The number of hydrogen-bond donors (Lipinski definition) is 1. The second-order valence-electron chi connectivity index (χ2n) is 5.04. The van der Waals surface area contributed by atoms with Crippen LogP contribution in [0.5, 0.6) is 0 Å². The molecule has 1 saturated carbocycles. The van der Waals surface area contributed by atoms with E-state index >= 15 is 0 Å². The monoisotopic (exact) mass is 233 g/mol. The third kappa shape index (κ3) is 2.88. The Labute approximate surface area is 104 Å². The Hall–Kier alpha value is -0.860. The van der Waals surface area contributed by atoms with Gasteiger partial charge in [-0.2, -0.15) is 0 Å². The normalized spacial score (nSPS) is 17.8. The predicted molar refractivity (Wildman–Crippen MR) is 70.9 cm³/mol. The van der Waals surface area contributed by atoms with Crippen LogP contribution in [0, 0.1) is 0 Å². The first-order valence-electron chi connectivity index (χ1n) is 6.60. The Morgan fingerprint density at radius 1 is 1.24 bits per heavy atom. The minimum atomic E-state index is 0.417. The highest BCUT2D eigenvalue weighted by Crippen LogP contribution is 2.34. The molecular formula is C15H23NO. The first-order chi connectivity index (χ1) is 8.29. The molecule has 1 aliphatic rings. The van der Waals surface area contributed by atoms with Crippen molar-refractivity contribution in [2.24, 2.45) is 0 Å². The second-order valence-corrected chi connectivity index (χ2v) is 5.04. The number of hydrogen-bond acceptors (Lipinski definition) is 2. The fourth-order valence-electron chi connectivity index (χ4n) is 2.57. The minimum absolute atomic E-state index is 0.417. The quantitative estimate of drug-likeness (QED) is 0.814. The lowest BCUT2D eigenvalue weighted by Crippen LogP contribution is -2.49. The topological polar surface area (TPSA) is 21.3 Å². The van der Waals surface area contributed by atoms with Crippen molar-refractivity contribution in [2.75, 3.05) is 7.11 Å². The summed E-state index contributed by atoms with van der Waals surface area (Å²) in [5, 5.41) is 3.74. The van der Waals surface area contributed by atoms with Gasteiger partial charge in [-0.25, -0.2) is 0 Å². The molecule has 1 aliphatic carbocycles. The van der Waals surface area contributed by atoms with Crippen LogP contribution in [0.2, 0.25) is 0 Å². The standard InChI is InChI=1S/C15H23NO/c1-3-15(9-6-10-15)16-11-13-7-4-5-8-14(13)12-17-2/h4-5,7-8,16H,3,6,9-12H2,1-2H3. The molecule has 1 aromatic rings. The van der Waals surface area contributed by atoms with E-state index in [-0.39, 0.29) is 0 Å². The molecule has 94 valence electrons. The summed E-state index contributed by atoms with van der Waals surface area (Å²) in [6, 6.07) is 8.54. The molecule has 1 fully saturated rings. The molecule has 0 unspecified atom stereocenters. The van der Waals surface area contributed by atoms with Crippen molar-refractivity contribution in [1.29, 1.82) is 0 Å². The van der Waals surface area contributed by atoms with Crippen molar-refractivity contribution in [3.8, 4) is 0 Å². The number of nitrogens with one attached hydrogen (secondary N) is 1. The molecule has 0 heterocycles. The average Bonchev–Trinajstić information content (AvgIpc) is 2.31. The molecule has 0 saturated heterocycles. The van der Waals surface area contributed by atoms with E-state index in [2.05, 4.69) is 36.5 Å². The van der Waals surface area contributed by atoms with Crippen molar-refractivity contribution in [1.82, 2.24) is 5.32 Å². The van der Waals surface area contributed by atoms with Crippen LogP contribution < -0.4 is 5.32 Å². The minimum Gasteiger partial charge on any atom is -0.380 e. The number of ether oxygens (including phenoxy) is 1. The van der Waals surface area contributed by atoms with E-state index < -0.39 is 0 Å². The predicted octanol–water partition coefficient (Wildman–Crippen LogP) is 3.26. The number of rotatable bonds is 6. The molecule has 0 radical (unpaired) electrons. The lowest BCUT2D eigenvalue weighted by molar-refractivity contribution is 0.171. The lowest BCUT2D eigenvalue weighted by atomic mass is 9.75. The molecule has 1 N–H and O–H groups in total. The van der Waals surface area contributed by atoms with Gasteiger partial charge in [0.05, 0.1) is 6.61 Å². The van der Waals surface area contributed by atoms with Gasteiger partial charge in [-0.1, -0.05) is 31.2 Å². The first-order valence-corrected chi connectivity index (χ1v) is 6.60. The summed E-state index contributed by atoms with van der Waals surface area (Å²) in [5.41, 5.74) is 3.09. The molecular weight excluding hydrogens is 210 g/mol. The van der Waals surface area contributed by atoms with Crippen LogP contribution in [0.25, 0.3) is 0 Å². The highest BCUT2D eigenvalue weighted by Gasteiger charge is 2.34. The van der Waals surface area contributed by atoms with E-state index in [0.717, 1.165) is 6.54 Å². The van der Waals surface area contributed by atoms with Gasteiger partial charge in [0.15, 0.2) is 0 Å². The summed E-state index contributed by atoms with van der Waals surface area (Å²) in [7, 11) is 1.75. The Bertz CT molecular complexity index is 352. The Kier molecular flexibility index (Phi) is 4.19. The average molecular weight is 233 g/mol. The summed E-state index contributed by atoms with van der Waals surface area (Å²) < 4.78 is 5.24. The fraction of sp³-hybridized carbons (Fsp3) is 0.600. The molecule has 17 heavy (non-hydrogen) atoms. The Morgan fingerprint density at radius 3 is 2.47 bits per heavy atom. The number of methoxy groups -OCH3 is 1. The molecule has 0 spiro atoms. The summed E-state index contributed by atoms with van der Waals surface area (Å²) >= 11 is 0. The highest BCUT2D eigenvalue weighted by molar-refractivity contribution is 5.26. The smallest absolute Gasteiger partial charge is 0.0716 e. The van der Waals surface area contributed by atoms with Crippen molar-refractivity contribution >= 4 is 0 Å². The molecule has 2 heteroatoms. The van der Waals surface area contributed by atoms with Gasteiger partial charge in [0.1, 0.15) is 0 Å². The highest BCUT2D eigenvalue weighted by atomic mass is 16.5. The maximum atomic E-state index is 5.24. The van der Waals surface area contributed by atoms with Crippen molar-refractivity contribution in [2.45, 2.75) is 51.3 Å². The van der Waals surface area contributed by atoms with Crippen LogP contribution in [0.15, 0.2) is 24.3 Å². The third-order valence-corrected chi connectivity index (χ3v) is 4.06. The van der Waals surface area contributed by atoms with E-state index in [1.807, 2.05) is 0 Å². The SMILES string of the molecule is CCC1(NCc2ccccc2COC)CCC1. The van der Waals surface area contributed by atoms with E-state index in [0.29, 0.717) is 12.1 Å². The lowest BCUT2D eigenvalue weighted by Gasteiger charge is -2.42. The molecule has 0 aliphatic heterocycles. The van der Waals surface area contributed by atoms with Crippen LogP contribution in [0.3, 0.4) is 0 Å². The molecule has 0 atom stereocenters. The Balaban J connectivity index is 1.98. The van der Waals surface area contributed by atoms with Crippen molar-refractivity contribution in [3.63, 3.8) is 0 Å². The second kappa shape index (κ2) is 5.65. The van der Waals surface area contributed by atoms with Gasteiger partial charge >= 0.3 is 0 Å². The van der Waals surface area contributed by atoms with E-state index in [9.17, 15) is 0 Å². The maximum Gasteiger partial charge on any atom is 0.0716 e. The van der Waals surface area contributed by atoms with Crippen LogP contribution in [0.4, 0.5) is 0 Å². The molecule has 0 aromatic heterocycles. The van der Waals surface area contributed by atoms with Gasteiger partial charge in [0, 0.05) is 19.2 Å². The summed E-state index contributed by atoms with van der Waals surface area (Å²) in [4.78, 5) is 0. The largest absolute Gasteiger partial charge is 0.380 e. The van der Waals surface area contributed by atoms with Crippen LogP contribution >= 0.6 is 0 Å². The van der Waals surface area contributed by atoms with Gasteiger partial charge in [0.2, 0.25) is 0 Å². The Morgan fingerprint density at radius 2 is 1.94 bits per heavy atom. The zero-order valence-electron chi connectivity index (χ0n) is 11.0. The van der Waals surface area contributed by atoms with Gasteiger partial charge < -0.3 is 10.1 Å². The fourth-order valence-corrected chi connectivity index (χ4v) is 2.57. The number of benzene rings is 1. The zero-order chi connectivity index (χ0) is 12.1. The summed E-state index contributed by atoms with van der Waals surface area (Å²) in [6.45, 7) is 3.96. The van der Waals surface area contributed by atoms with Crippen molar-refractivity contribution in [3.05, 3.63) is 35.4 Å². The van der Waals surface area contributed by atoms with Gasteiger partial charge in [0.25, 0.3) is 0 Å². The zero-order valence-corrected chi connectivity index (χ0v) is 11.0. The van der Waals surface area contributed by atoms with E-state index in [1.54, 1.807) is 7.11 Å². The van der Waals surface area contributed by atoms with E-state index in [1.165, 1.54) is 36.8 Å². The van der Waals surface area contributed by atoms with Crippen LogP contribution in [-0.4, -0.2) is 12.6 Å². The van der Waals surface area contributed by atoms with Crippen LogP contribution in [-0.2, 0) is 17.9 Å². The summed E-state index contributed by atoms with van der Waals surface area (Å²) in [5.74, 6) is 0. The molecule has 2 rings (SSSR count). The van der Waals surface area contributed by atoms with Gasteiger partial charge in [-0.3, -0.25) is 0 Å². The molecule has 1 aromatic carbocycles. The van der Waals surface area contributed by atoms with Gasteiger partial charge in [-0.05, 0) is 36.8 Å². The first kappa shape index (κ1) is 12.6. The van der Waals surface area contributed by atoms with Crippen LogP contribution in [0.1, 0.15) is 43.7 Å². The maximum absolute atomic E-state index is 5.24. The van der Waals surface area contributed by atoms with E-state index in [4.69, 9.17) is 4.74 Å². The molecule has 2 nitrogen and oxygen atoms in total. The van der Waals surface area contributed by atoms with Gasteiger partial charge in [-0.15, -0.1) is 0 Å². The summed E-state index contributed by atoms with van der Waals surface area (Å²) in [6.07, 6.45) is 5.27. The molecule has 0 amide bonds.